The molecule has 0 saturated carbocycles. The van der Waals surface area contributed by atoms with Crippen LogP contribution in [-0.4, -0.2) is 27.9 Å². The van der Waals surface area contributed by atoms with Crippen LogP contribution in [0.25, 0.3) is 11.0 Å². The van der Waals surface area contributed by atoms with E-state index in [-0.39, 0.29) is 5.69 Å². The Hall–Kier alpha value is -3.55. The molecule has 0 aliphatic heterocycles. The molecule has 0 spiro atoms. The minimum Gasteiger partial charge on any atom is -0.374 e. The summed E-state index contributed by atoms with van der Waals surface area (Å²) in [5, 5.41) is 7.83. The maximum Gasteiger partial charge on any atom is 0.325 e. The van der Waals surface area contributed by atoms with E-state index >= 15 is 0 Å². The molecule has 8 heteroatoms. The second-order valence-corrected chi connectivity index (χ2v) is 5.51. The lowest BCUT2D eigenvalue weighted by Crippen LogP contribution is -2.42. The SMILES string of the molecule is C[C@H](Nc1ccc2[nH]c(=O)[nH]c2c1)C(=O)NC(=O)Nc1ccccc1. The third-order valence-corrected chi connectivity index (χ3v) is 3.56. The molecule has 128 valence electrons. The van der Waals surface area contributed by atoms with Gasteiger partial charge in [-0.2, -0.15) is 0 Å². The summed E-state index contributed by atoms with van der Waals surface area (Å²) >= 11 is 0. The average Bonchev–Trinajstić information content (AvgIpc) is 2.94. The first kappa shape index (κ1) is 16.3. The van der Waals surface area contributed by atoms with Crippen LogP contribution in [0.5, 0.6) is 0 Å². The molecular formula is C17H17N5O3. The van der Waals surface area contributed by atoms with E-state index in [9.17, 15) is 14.4 Å². The summed E-state index contributed by atoms with van der Waals surface area (Å²) in [4.78, 5) is 40.5. The van der Waals surface area contributed by atoms with Gasteiger partial charge >= 0.3 is 11.7 Å². The average molecular weight is 339 g/mol. The van der Waals surface area contributed by atoms with Gasteiger partial charge < -0.3 is 20.6 Å². The van der Waals surface area contributed by atoms with E-state index in [1.54, 1.807) is 49.4 Å². The molecule has 0 aliphatic carbocycles. The fourth-order valence-electron chi connectivity index (χ4n) is 2.34. The number of H-pyrrole nitrogens is 2. The van der Waals surface area contributed by atoms with Crippen LogP contribution in [0.15, 0.2) is 53.3 Å². The van der Waals surface area contributed by atoms with Gasteiger partial charge in [-0.3, -0.25) is 10.1 Å². The number of carbonyl (C=O) groups excluding carboxylic acids is 2. The molecule has 3 amide bonds. The highest BCUT2D eigenvalue weighted by Gasteiger charge is 2.16. The Labute approximate surface area is 142 Å². The van der Waals surface area contributed by atoms with E-state index in [1.807, 2.05) is 6.07 Å². The van der Waals surface area contributed by atoms with Crippen molar-refractivity contribution in [1.29, 1.82) is 0 Å². The number of aromatic amines is 2. The van der Waals surface area contributed by atoms with Crippen LogP contribution in [-0.2, 0) is 4.79 Å². The maximum absolute atomic E-state index is 12.1. The molecule has 5 N–H and O–H groups in total. The maximum atomic E-state index is 12.1. The van der Waals surface area contributed by atoms with Crippen LogP contribution in [0.2, 0.25) is 0 Å². The number of amides is 3. The number of fused-ring (bicyclic) bond motifs is 1. The van der Waals surface area contributed by atoms with Gasteiger partial charge in [-0.1, -0.05) is 18.2 Å². The quantitative estimate of drug-likeness (QED) is 0.499. The zero-order chi connectivity index (χ0) is 17.8. The Kier molecular flexibility index (Phi) is 4.51. The minimum absolute atomic E-state index is 0.296. The number of hydrogen-bond acceptors (Lipinski definition) is 4. The van der Waals surface area contributed by atoms with E-state index in [0.717, 1.165) is 0 Å². The second kappa shape index (κ2) is 6.91. The lowest BCUT2D eigenvalue weighted by atomic mass is 10.2. The zero-order valence-corrected chi connectivity index (χ0v) is 13.4. The Morgan fingerprint density at radius 1 is 0.960 bits per heavy atom. The van der Waals surface area contributed by atoms with Gasteiger partial charge in [0.05, 0.1) is 11.0 Å². The number of benzene rings is 2. The third kappa shape index (κ3) is 4.05. The standard InChI is InChI=1S/C17H17N5O3/c1-10(15(23)22-16(24)19-11-5-3-2-4-6-11)18-12-7-8-13-14(9-12)21-17(25)20-13/h2-10,18H,1H3,(H2,20,21,25)(H2,19,22,23,24)/t10-/m0/s1. The number of urea groups is 1. The number of para-hydroxylation sites is 1. The highest BCUT2D eigenvalue weighted by atomic mass is 16.2. The van der Waals surface area contributed by atoms with Gasteiger partial charge in [0.25, 0.3) is 0 Å². The Bertz CT molecular complexity index is 961. The molecule has 8 nitrogen and oxygen atoms in total. The molecule has 1 heterocycles. The summed E-state index contributed by atoms with van der Waals surface area (Å²) in [5.74, 6) is -0.476. The normalized spacial score (nSPS) is 11.7. The first-order valence-corrected chi connectivity index (χ1v) is 7.67. The molecule has 3 aromatic rings. The molecule has 0 aliphatic rings. The van der Waals surface area contributed by atoms with Gasteiger partial charge in [0.2, 0.25) is 5.91 Å². The number of rotatable bonds is 4. The molecule has 3 rings (SSSR count). The predicted molar refractivity (Wildman–Crippen MR) is 95.6 cm³/mol. The molecule has 0 fully saturated rings. The highest BCUT2D eigenvalue weighted by molar-refractivity contribution is 6.03. The lowest BCUT2D eigenvalue weighted by molar-refractivity contribution is -0.120. The molecule has 0 unspecified atom stereocenters. The topological polar surface area (TPSA) is 119 Å². The van der Waals surface area contributed by atoms with Crippen LogP contribution >= 0.6 is 0 Å². The van der Waals surface area contributed by atoms with Crippen LogP contribution in [0.3, 0.4) is 0 Å². The number of hydrogen-bond donors (Lipinski definition) is 5. The smallest absolute Gasteiger partial charge is 0.325 e. The van der Waals surface area contributed by atoms with Crippen molar-refractivity contribution in [3.63, 3.8) is 0 Å². The fraction of sp³-hybridized carbons (Fsp3) is 0.118. The molecular weight excluding hydrogens is 322 g/mol. The number of imide groups is 1. The van der Waals surface area contributed by atoms with Crippen molar-refractivity contribution in [2.24, 2.45) is 0 Å². The van der Waals surface area contributed by atoms with E-state index in [4.69, 9.17) is 0 Å². The number of nitrogens with one attached hydrogen (secondary N) is 5. The van der Waals surface area contributed by atoms with Crippen molar-refractivity contribution in [3.8, 4) is 0 Å². The van der Waals surface area contributed by atoms with E-state index in [0.29, 0.717) is 22.4 Å². The lowest BCUT2D eigenvalue weighted by Gasteiger charge is -2.15. The Balaban J connectivity index is 1.59. The first-order valence-electron chi connectivity index (χ1n) is 7.67. The van der Waals surface area contributed by atoms with E-state index < -0.39 is 18.0 Å². The van der Waals surface area contributed by atoms with E-state index in [1.165, 1.54) is 0 Å². The summed E-state index contributed by atoms with van der Waals surface area (Å²) in [6.45, 7) is 1.63. The second-order valence-electron chi connectivity index (χ2n) is 5.51. The molecule has 0 bridgehead atoms. The predicted octanol–water partition coefficient (Wildman–Crippen LogP) is 2.00. The van der Waals surface area contributed by atoms with Gasteiger partial charge in [-0.05, 0) is 37.3 Å². The van der Waals surface area contributed by atoms with Crippen molar-refractivity contribution in [3.05, 3.63) is 59.0 Å². The van der Waals surface area contributed by atoms with Crippen LogP contribution in [0.4, 0.5) is 16.2 Å². The zero-order valence-electron chi connectivity index (χ0n) is 13.4. The summed E-state index contributed by atoms with van der Waals surface area (Å²) < 4.78 is 0. The molecule has 0 radical (unpaired) electrons. The molecule has 1 aromatic heterocycles. The van der Waals surface area contributed by atoms with Crippen LogP contribution < -0.4 is 21.6 Å². The van der Waals surface area contributed by atoms with Crippen LogP contribution in [0.1, 0.15) is 6.92 Å². The van der Waals surface area contributed by atoms with Crippen molar-refractivity contribution in [1.82, 2.24) is 15.3 Å². The van der Waals surface area contributed by atoms with Crippen LogP contribution in [0, 0.1) is 0 Å². The van der Waals surface area contributed by atoms with Gasteiger partial charge in [0.1, 0.15) is 6.04 Å². The van der Waals surface area contributed by atoms with Crippen molar-refractivity contribution in [2.75, 3.05) is 10.6 Å². The molecule has 25 heavy (non-hydrogen) atoms. The Morgan fingerprint density at radius 2 is 1.68 bits per heavy atom. The van der Waals surface area contributed by atoms with Crippen molar-refractivity contribution in [2.45, 2.75) is 13.0 Å². The molecule has 0 saturated heterocycles. The molecule has 2 aromatic carbocycles. The number of anilines is 2. The first-order chi connectivity index (χ1) is 12.0. The summed E-state index contributed by atoms with van der Waals surface area (Å²) in [7, 11) is 0. The molecule has 1 atom stereocenters. The number of carbonyl (C=O) groups is 2. The van der Waals surface area contributed by atoms with Gasteiger partial charge in [-0.15, -0.1) is 0 Å². The van der Waals surface area contributed by atoms with Gasteiger partial charge in [0, 0.05) is 11.4 Å². The summed E-state index contributed by atoms with van der Waals surface area (Å²) in [5.41, 5.74) is 2.25. The monoisotopic (exact) mass is 339 g/mol. The summed E-state index contributed by atoms with van der Waals surface area (Å²) in [6, 6.07) is 12.8. The summed E-state index contributed by atoms with van der Waals surface area (Å²) in [6.07, 6.45) is 0. The highest BCUT2D eigenvalue weighted by Crippen LogP contribution is 2.15. The van der Waals surface area contributed by atoms with Crippen molar-refractivity contribution >= 4 is 34.3 Å². The third-order valence-electron chi connectivity index (χ3n) is 3.56. The van der Waals surface area contributed by atoms with Crippen molar-refractivity contribution < 1.29 is 9.59 Å². The minimum atomic E-state index is -0.648. The largest absolute Gasteiger partial charge is 0.374 e. The number of aromatic nitrogens is 2. The van der Waals surface area contributed by atoms with Gasteiger partial charge in [-0.25, -0.2) is 9.59 Å². The van der Waals surface area contributed by atoms with E-state index in [2.05, 4.69) is 25.9 Å². The van der Waals surface area contributed by atoms with Gasteiger partial charge in [0.15, 0.2) is 0 Å². The Morgan fingerprint density at radius 3 is 2.44 bits per heavy atom. The number of imidazole rings is 1. The fourth-order valence-corrected chi connectivity index (χ4v) is 2.34.